The highest BCUT2D eigenvalue weighted by Gasteiger charge is 2.25. The van der Waals surface area contributed by atoms with Crippen molar-refractivity contribution in [3.05, 3.63) is 29.2 Å². The number of nitrogens with one attached hydrogen (secondary N) is 1. The molecular weight excluding hydrogens is 288 g/mol. The second kappa shape index (κ2) is 6.21. The van der Waals surface area contributed by atoms with E-state index in [4.69, 9.17) is 9.84 Å². The van der Waals surface area contributed by atoms with Crippen molar-refractivity contribution >= 4 is 5.65 Å². The van der Waals surface area contributed by atoms with E-state index >= 15 is 0 Å². The number of fused-ring (bicyclic) bond motifs is 1. The van der Waals surface area contributed by atoms with Gasteiger partial charge in [-0.3, -0.25) is 0 Å². The van der Waals surface area contributed by atoms with Gasteiger partial charge in [-0.05, 0) is 31.7 Å². The second-order valence-electron chi connectivity index (χ2n) is 7.18. The fraction of sp³-hybridized carbons (Fsp3) is 0.667. The Hall–Kier alpha value is -1.46. The topological polar surface area (TPSA) is 51.5 Å². The lowest BCUT2D eigenvalue weighted by Gasteiger charge is -2.25. The number of aryl methyl sites for hydroxylation is 1. The van der Waals surface area contributed by atoms with Crippen molar-refractivity contribution in [2.24, 2.45) is 5.92 Å². The third-order valence-electron chi connectivity index (χ3n) is 5.29. The highest BCUT2D eigenvalue weighted by Crippen LogP contribution is 2.35. The minimum atomic E-state index is 0.0621. The van der Waals surface area contributed by atoms with E-state index in [1.54, 1.807) is 0 Å². The maximum absolute atomic E-state index is 5.94. The molecule has 1 N–H and O–H groups in total. The first-order valence-corrected chi connectivity index (χ1v) is 8.90. The molecule has 23 heavy (non-hydrogen) atoms. The molecule has 0 amide bonds. The molecule has 2 aliphatic rings. The van der Waals surface area contributed by atoms with Crippen LogP contribution < -0.4 is 5.32 Å². The van der Waals surface area contributed by atoms with Crippen LogP contribution in [0.4, 0.5) is 0 Å². The van der Waals surface area contributed by atoms with Crippen LogP contribution in [0.15, 0.2) is 12.1 Å². The van der Waals surface area contributed by atoms with Crippen molar-refractivity contribution in [2.75, 3.05) is 19.7 Å². The van der Waals surface area contributed by atoms with Crippen LogP contribution in [0, 0.1) is 12.8 Å². The van der Waals surface area contributed by atoms with Gasteiger partial charge in [-0.15, -0.1) is 0 Å². The summed E-state index contributed by atoms with van der Waals surface area (Å²) in [6.45, 7) is 6.93. The second-order valence-corrected chi connectivity index (χ2v) is 7.18. The Morgan fingerprint density at radius 1 is 1.22 bits per heavy atom. The van der Waals surface area contributed by atoms with Gasteiger partial charge < -0.3 is 10.1 Å². The molecule has 1 saturated carbocycles. The van der Waals surface area contributed by atoms with E-state index in [2.05, 4.69) is 36.3 Å². The third kappa shape index (κ3) is 3.00. The monoisotopic (exact) mass is 314 g/mol. The van der Waals surface area contributed by atoms with Gasteiger partial charge in [0.05, 0.1) is 18.0 Å². The Balaban J connectivity index is 1.69. The van der Waals surface area contributed by atoms with Crippen molar-refractivity contribution < 1.29 is 4.74 Å². The molecule has 3 heterocycles. The Bertz CT molecular complexity index is 682. The largest absolute Gasteiger partial charge is 0.369 e. The molecule has 2 aromatic heterocycles. The average molecular weight is 314 g/mol. The van der Waals surface area contributed by atoms with Crippen molar-refractivity contribution in [1.29, 1.82) is 0 Å². The number of rotatable bonds is 2. The summed E-state index contributed by atoms with van der Waals surface area (Å²) in [6, 6.07) is 4.30. The Labute approximate surface area is 137 Å². The first-order valence-electron chi connectivity index (χ1n) is 8.90. The first-order chi connectivity index (χ1) is 11.2. The van der Waals surface area contributed by atoms with Crippen molar-refractivity contribution in [2.45, 2.75) is 51.6 Å². The lowest BCUT2D eigenvalue weighted by atomic mass is 9.81. The summed E-state index contributed by atoms with van der Waals surface area (Å²) >= 11 is 0. The zero-order valence-electron chi connectivity index (χ0n) is 14.1. The van der Waals surface area contributed by atoms with Crippen LogP contribution >= 0.6 is 0 Å². The van der Waals surface area contributed by atoms with Crippen molar-refractivity contribution in [3.8, 4) is 0 Å². The quantitative estimate of drug-likeness (QED) is 0.926. The summed E-state index contributed by atoms with van der Waals surface area (Å²) in [6.07, 6.45) is 5.19. The molecule has 2 fully saturated rings. The lowest BCUT2D eigenvalue weighted by Crippen LogP contribution is -2.34. The van der Waals surface area contributed by atoms with E-state index in [0.717, 1.165) is 42.6 Å². The molecule has 5 nitrogen and oxygen atoms in total. The SMILES string of the molecule is Cc1cc([C@H]2CNCCO2)n2nc([C@H]3CC[C@H](C)CC3)cc2n1. The van der Waals surface area contributed by atoms with Crippen LogP contribution in [0.25, 0.3) is 5.65 Å². The highest BCUT2D eigenvalue weighted by atomic mass is 16.5. The van der Waals surface area contributed by atoms with Crippen LogP contribution in [0.3, 0.4) is 0 Å². The molecule has 1 atom stereocenters. The molecule has 0 spiro atoms. The van der Waals surface area contributed by atoms with Gasteiger partial charge in [0.2, 0.25) is 0 Å². The van der Waals surface area contributed by atoms with Crippen molar-refractivity contribution in [1.82, 2.24) is 19.9 Å². The summed E-state index contributed by atoms with van der Waals surface area (Å²) in [5.74, 6) is 1.45. The van der Waals surface area contributed by atoms with Crippen LogP contribution in [-0.2, 0) is 4.74 Å². The molecule has 124 valence electrons. The van der Waals surface area contributed by atoms with E-state index in [1.165, 1.54) is 31.4 Å². The molecule has 0 unspecified atom stereocenters. The van der Waals surface area contributed by atoms with Gasteiger partial charge in [-0.2, -0.15) is 5.10 Å². The van der Waals surface area contributed by atoms with Crippen molar-refractivity contribution in [3.63, 3.8) is 0 Å². The highest BCUT2D eigenvalue weighted by molar-refractivity contribution is 5.43. The van der Waals surface area contributed by atoms with Crippen LogP contribution in [0.5, 0.6) is 0 Å². The molecule has 1 aliphatic carbocycles. The maximum atomic E-state index is 5.94. The van der Waals surface area contributed by atoms with Gasteiger partial charge in [-0.25, -0.2) is 9.50 Å². The number of nitrogens with zero attached hydrogens (tertiary/aromatic N) is 3. The number of hydrogen-bond donors (Lipinski definition) is 1. The molecule has 0 aromatic carbocycles. The summed E-state index contributed by atoms with van der Waals surface area (Å²) in [7, 11) is 0. The molecule has 0 radical (unpaired) electrons. The first kappa shape index (κ1) is 15.1. The molecule has 1 aliphatic heterocycles. The van der Waals surface area contributed by atoms with E-state index in [1.807, 2.05) is 4.52 Å². The van der Waals surface area contributed by atoms with Crippen LogP contribution in [0.2, 0.25) is 0 Å². The summed E-state index contributed by atoms with van der Waals surface area (Å²) < 4.78 is 7.96. The minimum Gasteiger partial charge on any atom is -0.369 e. The van der Waals surface area contributed by atoms with Crippen LogP contribution in [-0.4, -0.2) is 34.3 Å². The molecule has 4 rings (SSSR count). The van der Waals surface area contributed by atoms with E-state index in [0.29, 0.717) is 5.92 Å². The predicted molar refractivity (Wildman–Crippen MR) is 89.7 cm³/mol. The van der Waals surface area contributed by atoms with E-state index in [-0.39, 0.29) is 6.10 Å². The van der Waals surface area contributed by atoms with Gasteiger partial charge in [0, 0.05) is 30.8 Å². The van der Waals surface area contributed by atoms with Gasteiger partial charge in [-0.1, -0.05) is 19.8 Å². The average Bonchev–Trinajstić information content (AvgIpc) is 2.99. The normalized spacial score (nSPS) is 29.0. The number of ether oxygens (including phenoxy) is 1. The van der Waals surface area contributed by atoms with E-state index in [9.17, 15) is 0 Å². The summed E-state index contributed by atoms with van der Waals surface area (Å²) in [4.78, 5) is 4.69. The van der Waals surface area contributed by atoms with Crippen LogP contribution in [0.1, 0.15) is 61.7 Å². The summed E-state index contributed by atoms with van der Waals surface area (Å²) in [5.41, 5.74) is 4.32. The zero-order chi connectivity index (χ0) is 15.8. The Morgan fingerprint density at radius 3 is 2.78 bits per heavy atom. The predicted octanol–water partition coefficient (Wildman–Crippen LogP) is 2.99. The fourth-order valence-electron chi connectivity index (χ4n) is 3.89. The molecule has 2 aromatic rings. The Morgan fingerprint density at radius 2 is 2.04 bits per heavy atom. The number of aromatic nitrogens is 3. The minimum absolute atomic E-state index is 0.0621. The molecule has 1 saturated heterocycles. The van der Waals surface area contributed by atoms with Gasteiger partial charge >= 0.3 is 0 Å². The van der Waals surface area contributed by atoms with Gasteiger partial charge in [0.25, 0.3) is 0 Å². The number of hydrogen-bond acceptors (Lipinski definition) is 4. The summed E-state index contributed by atoms with van der Waals surface area (Å²) in [5, 5.41) is 8.33. The van der Waals surface area contributed by atoms with Gasteiger partial charge in [0.15, 0.2) is 5.65 Å². The lowest BCUT2D eigenvalue weighted by molar-refractivity contribution is 0.0236. The Kier molecular flexibility index (Phi) is 4.07. The third-order valence-corrected chi connectivity index (χ3v) is 5.29. The fourth-order valence-corrected chi connectivity index (χ4v) is 3.89. The molecule has 0 bridgehead atoms. The smallest absolute Gasteiger partial charge is 0.155 e. The maximum Gasteiger partial charge on any atom is 0.155 e. The standard InChI is InChI=1S/C18H26N4O/c1-12-3-5-14(6-4-12)15-10-18-20-13(2)9-16(22(18)21-15)17-11-19-7-8-23-17/h9-10,12,14,17,19H,3-8,11H2,1-2H3/t12-,14-,17-/m1/s1. The van der Waals surface area contributed by atoms with E-state index < -0.39 is 0 Å². The van der Waals surface area contributed by atoms with Gasteiger partial charge in [0.1, 0.15) is 6.10 Å². The zero-order valence-corrected chi connectivity index (χ0v) is 14.1. The molecular formula is C18H26N4O. The molecule has 5 heteroatoms. The number of morpholine rings is 1.